The van der Waals surface area contributed by atoms with E-state index in [0.29, 0.717) is 24.2 Å². The van der Waals surface area contributed by atoms with E-state index < -0.39 is 5.63 Å². The smallest absolute Gasteiger partial charge is 0.343 e. The van der Waals surface area contributed by atoms with Crippen molar-refractivity contribution in [3.63, 3.8) is 0 Å². The van der Waals surface area contributed by atoms with Crippen LogP contribution in [0.1, 0.15) is 41.5 Å². The normalized spacial score (nSPS) is 17.5. The monoisotopic (exact) mass is 414 g/mol. The molecule has 162 valence electrons. The Morgan fingerprint density at radius 1 is 0.967 bits per heavy atom. The molecular weight excluding hydrogens is 384 g/mol. The maximum Gasteiger partial charge on any atom is 0.343 e. The summed E-state index contributed by atoms with van der Waals surface area (Å²) in [6, 6.07) is 4.06. The second-order valence-electron chi connectivity index (χ2n) is 8.15. The molecule has 1 aromatic heterocycles. The van der Waals surface area contributed by atoms with Crippen molar-refractivity contribution in [2.45, 2.75) is 45.3 Å². The van der Waals surface area contributed by atoms with Crippen molar-refractivity contribution in [1.29, 1.82) is 0 Å². The van der Waals surface area contributed by atoms with Gasteiger partial charge in [0.25, 0.3) is 0 Å². The number of aromatic hydroxyl groups is 1. The van der Waals surface area contributed by atoms with Crippen LogP contribution in [0.25, 0.3) is 0 Å². The van der Waals surface area contributed by atoms with Gasteiger partial charge in [-0.25, -0.2) is 4.79 Å². The van der Waals surface area contributed by atoms with Gasteiger partial charge in [-0.1, -0.05) is 6.42 Å². The Morgan fingerprint density at radius 2 is 1.67 bits per heavy atom. The first-order chi connectivity index (χ1) is 14.6. The summed E-state index contributed by atoms with van der Waals surface area (Å²) in [6.07, 6.45) is 5.78. The molecule has 3 heterocycles. The lowest BCUT2D eigenvalue weighted by Gasteiger charge is -2.30. The van der Waals surface area contributed by atoms with Crippen LogP contribution in [0.3, 0.4) is 0 Å². The Bertz CT molecular complexity index is 949. The van der Waals surface area contributed by atoms with Gasteiger partial charge in [-0.05, 0) is 55.6 Å². The number of hydrogen-bond donors (Lipinski definition) is 1. The molecule has 0 radical (unpaired) electrons. The van der Waals surface area contributed by atoms with Gasteiger partial charge in [-0.2, -0.15) is 0 Å². The van der Waals surface area contributed by atoms with Crippen LogP contribution in [0.2, 0.25) is 0 Å². The molecule has 0 saturated carbocycles. The minimum atomic E-state index is -0.442. The average Bonchev–Trinajstić information content (AvgIpc) is 2.78. The van der Waals surface area contributed by atoms with Gasteiger partial charge in [0.05, 0.1) is 19.8 Å². The minimum absolute atomic E-state index is 0.0786. The van der Waals surface area contributed by atoms with Gasteiger partial charge in [0, 0.05) is 31.7 Å². The molecule has 4 rings (SSSR count). The van der Waals surface area contributed by atoms with E-state index >= 15 is 0 Å². The summed E-state index contributed by atoms with van der Waals surface area (Å²) in [4.78, 5) is 16.7. The summed E-state index contributed by atoms with van der Waals surface area (Å²) in [5.41, 5.74) is 3.02. The number of piperidine rings is 1. The van der Waals surface area contributed by atoms with Crippen LogP contribution in [0.4, 0.5) is 0 Å². The number of likely N-dealkylation sites (tertiary alicyclic amines) is 1. The lowest BCUT2D eigenvalue weighted by Crippen LogP contribution is -2.32. The average molecular weight is 415 g/mol. The van der Waals surface area contributed by atoms with Crippen molar-refractivity contribution < 1.29 is 19.0 Å². The highest BCUT2D eigenvalue weighted by Gasteiger charge is 2.23. The van der Waals surface area contributed by atoms with Crippen molar-refractivity contribution >= 4 is 0 Å². The topological polar surface area (TPSA) is 75.4 Å². The van der Waals surface area contributed by atoms with E-state index in [0.717, 1.165) is 56.9 Å². The Hall–Kier alpha value is -2.51. The van der Waals surface area contributed by atoms with Crippen molar-refractivity contribution in [3.8, 4) is 17.2 Å². The van der Waals surface area contributed by atoms with Gasteiger partial charge in [0.2, 0.25) is 0 Å². The van der Waals surface area contributed by atoms with Crippen LogP contribution < -0.4 is 15.1 Å². The van der Waals surface area contributed by atoms with Crippen LogP contribution >= 0.6 is 0 Å². The Kier molecular flexibility index (Phi) is 6.29. The Labute approximate surface area is 176 Å². The zero-order chi connectivity index (χ0) is 21.1. The van der Waals surface area contributed by atoms with E-state index in [4.69, 9.17) is 13.9 Å². The van der Waals surface area contributed by atoms with Gasteiger partial charge in [-0.15, -0.1) is 0 Å². The summed E-state index contributed by atoms with van der Waals surface area (Å²) < 4.78 is 16.1. The molecule has 0 amide bonds. The molecule has 1 aromatic carbocycles. The first-order valence-electron chi connectivity index (χ1n) is 10.6. The molecule has 1 N–H and O–H groups in total. The van der Waals surface area contributed by atoms with Crippen molar-refractivity contribution in [2.75, 3.05) is 33.9 Å². The number of fused-ring (bicyclic) bond motifs is 1. The molecule has 7 nitrogen and oxygen atoms in total. The fourth-order valence-electron chi connectivity index (χ4n) is 4.45. The molecule has 1 saturated heterocycles. The fraction of sp³-hybridized carbons (Fsp3) is 0.522. The molecule has 0 spiro atoms. The molecule has 30 heavy (non-hydrogen) atoms. The highest BCUT2D eigenvalue weighted by Crippen LogP contribution is 2.34. The third kappa shape index (κ3) is 4.32. The molecule has 0 bridgehead atoms. The fourth-order valence-corrected chi connectivity index (χ4v) is 4.45. The maximum atomic E-state index is 12.3. The first-order valence-corrected chi connectivity index (χ1v) is 10.6. The number of nitrogens with zero attached hydrogens (tertiary/aromatic N) is 2. The summed E-state index contributed by atoms with van der Waals surface area (Å²) in [5, 5.41) is 10.8. The van der Waals surface area contributed by atoms with Crippen LogP contribution in [0.5, 0.6) is 17.2 Å². The first kappa shape index (κ1) is 20.8. The van der Waals surface area contributed by atoms with Gasteiger partial charge < -0.3 is 19.0 Å². The molecule has 0 atom stereocenters. The quantitative estimate of drug-likeness (QED) is 0.779. The van der Waals surface area contributed by atoms with E-state index in [1.807, 2.05) is 12.1 Å². The predicted octanol–water partition coefficient (Wildman–Crippen LogP) is 2.91. The molecule has 0 aliphatic carbocycles. The van der Waals surface area contributed by atoms with Gasteiger partial charge in [0.15, 0.2) is 11.5 Å². The molecule has 2 aliphatic heterocycles. The number of benzene rings is 1. The third-order valence-electron chi connectivity index (χ3n) is 6.17. The largest absolute Gasteiger partial charge is 0.507 e. The lowest BCUT2D eigenvalue weighted by atomic mass is 9.98. The van der Waals surface area contributed by atoms with E-state index in [2.05, 4.69) is 9.80 Å². The van der Waals surface area contributed by atoms with E-state index in [1.165, 1.54) is 23.8 Å². The van der Waals surface area contributed by atoms with Gasteiger partial charge in [-0.3, -0.25) is 9.80 Å². The lowest BCUT2D eigenvalue weighted by molar-refractivity contribution is 0.212. The standard InChI is InChI=1S/C23H30N2O5/c1-28-20-10-16-6-9-25(12-17(16)11-21(20)29-2)13-18-15-30-23(27)19(22(18)26)14-24-7-4-3-5-8-24/h10-11,15,26H,3-9,12-14H2,1-2H3. The van der Waals surface area contributed by atoms with Crippen LogP contribution in [0, 0.1) is 0 Å². The molecular formula is C23H30N2O5. The van der Waals surface area contributed by atoms with Crippen molar-refractivity contribution in [1.82, 2.24) is 9.80 Å². The molecule has 2 aromatic rings. The molecule has 0 unspecified atom stereocenters. The highest BCUT2D eigenvalue weighted by molar-refractivity contribution is 5.48. The SMILES string of the molecule is COc1cc2c(cc1OC)CN(Cc1coc(=O)c(CN3CCCCC3)c1O)CC2. The van der Waals surface area contributed by atoms with Crippen LogP contribution in [-0.2, 0) is 26.1 Å². The number of rotatable bonds is 6. The summed E-state index contributed by atoms with van der Waals surface area (Å²) >= 11 is 0. The summed E-state index contributed by atoms with van der Waals surface area (Å²) in [6.45, 7) is 4.46. The predicted molar refractivity (Wildman–Crippen MR) is 113 cm³/mol. The number of hydrogen-bond acceptors (Lipinski definition) is 7. The zero-order valence-corrected chi connectivity index (χ0v) is 17.8. The molecule has 1 fully saturated rings. The van der Waals surface area contributed by atoms with Crippen LogP contribution in [-0.4, -0.2) is 48.8 Å². The van der Waals surface area contributed by atoms with Gasteiger partial charge >= 0.3 is 5.63 Å². The van der Waals surface area contributed by atoms with Gasteiger partial charge in [0.1, 0.15) is 12.0 Å². The van der Waals surface area contributed by atoms with E-state index in [1.54, 1.807) is 14.2 Å². The van der Waals surface area contributed by atoms with E-state index in [-0.39, 0.29) is 5.75 Å². The number of methoxy groups -OCH3 is 2. The molecule has 7 heteroatoms. The number of ether oxygens (including phenoxy) is 2. The summed E-state index contributed by atoms with van der Waals surface area (Å²) in [5.74, 6) is 1.54. The Morgan fingerprint density at radius 3 is 2.37 bits per heavy atom. The zero-order valence-electron chi connectivity index (χ0n) is 17.8. The van der Waals surface area contributed by atoms with Crippen LogP contribution in [0.15, 0.2) is 27.6 Å². The minimum Gasteiger partial charge on any atom is -0.507 e. The maximum absolute atomic E-state index is 12.3. The Balaban J connectivity index is 1.51. The third-order valence-corrected chi connectivity index (χ3v) is 6.17. The van der Waals surface area contributed by atoms with E-state index in [9.17, 15) is 9.90 Å². The van der Waals surface area contributed by atoms with Crippen molar-refractivity contribution in [3.05, 3.63) is 51.1 Å². The highest BCUT2D eigenvalue weighted by atomic mass is 16.5. The second-order valence-corrected chi connectivity index (χ2v) is 8.15. The molecule has 2 aliphatic rings. The summed E-state index contributed by atoms with van der Waals surface area (Å²) in [7, 11) is 3.28. The van der Waals surface area contributed by atoms with Crippen molar-refractivity contribution in [2.24, 2.45) is 0 Å². The second kappa shape index (κ2) is 9.10.